The lowest BCUT2D eigenvalue weighted by Crippen LogP contribution is -2.33. The van der Waals surface area contributed by atoms with Gasteiger partial charge >= 0.3 is 5.97 Å². The Hall–Kier alpha value is -0.940. The van der Waals surface area contributed by atoms with E-state index in [-0.39, 0.29) is 18.9 Å². The molecule has 20 heavy (non-hydrogen) atoms. The highest BCUT2D eigenvalue weighted by molar-refractivity contribution is 5.78. The minimum absolute atomic E-state index is 0.0569. The number of Topliss-reactive ketones (excluding diaryl/α,β-unsaturated/α-hetero) is 1. The molecule has 5 heteroatoms. The maximum Gasteiger partial charge on any atom is 0.317 e. The van der Waals surface area contributed by atoms with Crippen molar-refractivity contribution in [2.45, 2.75) is 58.3 Å². The molecule has 0 radical (unpaired) electrons. The number of carboxylic acids is 1. The molecule has 0 unspecified atom stereocenters. The Morgan fingerprint density at radius 1 is 0.950 bits per heavy atom. The monoisotopic (exact) mass is 287 g/mol. The summed E-state index contributed by atoms with van der Waals surface area (Å²) in [6.07, 6.45) is 7.55. The second-order valence-corrected chi connectivity index (χ2v) is 5.20. The van der Waals surface area contributed by atoms with Gasteiger partial charge in [-0.1, -0.05) is 32.6 Å². The molecule has 0 bridgehead atoms. The summed E-state index contributed by atoms with van der Waals surface area (Å²) >= 11 is 0. The summed E-state index contributed by atoms with van der Waals surface area (Å²) in [5.74, 6) is -0.638. The van der Waals surface area contributed by atoms with Crippen LogP contribution in [0.3, 0.4) is 0 Å². The summed E-state index contributed by atoms with van der Waals surface area (Å²) in [7, 11) is 0. The Balaban J connectivity index is 3.63. The molecule has 0 saturated heterocycles. The predicted octanol–water partition coefficient (Wildman–Crippen LogP) is 2.08. The number of unbranched alkanes of at least 4 members (excludes halogenated alkanes) is 4. The maximum absolute atomic E-state index is 11.7. The van der Waals surface area contributed by atoms with Gasteiger partial charge in [0.1, 0.15) is 5.78 Å². The Labute approximate surface area is 122 Å². The largest absolute Gasteiger partial charge is 0.480 e. The van der Waals surface area contributed by atoms with E-state index in [1.807, 2.05) is 0 Å². The molecule has 0 aliphatic heterocycles. The fraction of sp³-hybridized carbons (Fsp3) is 0.867. The number of rotatable bonds is 14. The van der Waals surface area contributed by atoms with Gasteiger partial charge in [-0.25, -0.2) is 0 Å². The van der Waals surface area contributed by atoms with Crippen molar-refractivity contribution < 1.29 is 19.8 Å². The number of nitrogens with zero attached hydrogens (tertiary/aromatic N) is 1. The van der Waals surface area contributed by atoms with Gasteiger partial charge in [0.2, 0.25) is 0 Å². The molecular formula is C15H29NO4. The third kappa shape index (κ3) is 12.1. The summed E-state index contributed by atoms with van der Waals surface area (Å²) in [6, 6.07) is 0. The number of carbonyl (C=O) groups excluding carboxylic acids is 1. The molecule has 0 aromatic heterocycles. The Morgan fingerprint density at radius 3 is 2.20 bits per heavy atom. The van der Waals surface area contributed by atoms with E-state index in [0.717, 1.165) is 12.8 Å². The van der Waals surface area contributed by atoms with Crippen molar-refractivity contribution in [3.05, 3.63) is 0 Å². The van der Waals surface area contributed by atoms with Crippen molar-refractivity contribution in [2.75, 3.05) is 26.2 Å². The first kappa shape index (κ1) is 19.1. The average molecular weight is 287 g/mol. The highest BCUT2D eigenvalue weighted by Gasteiger charge is 2.09. The number of carboxylic acid groups (broad SMARTS) is 1. The first-order chi connectivity index (χ1) is 9.60. The van der Waals surface area contributed by atoms with E-state index in [1.165, 1.54) is 19.3 Å². The smallest absolute Gasteiger partial charge is 0.317 e. The molecule has 118 valence electrons. The molecule has 0 aliphatic carbocycles. The quantitative estimate of drug-likeness (QED) is 0.478. The molecule has 0 saturated carbocycles. The third-order valence-corrected chi connectivity index (χ3v) is 3.26. The highest BCUT2D eigenvalue weighted by Crippen LogP contribution is 2.07. The van der Waals surface area contributed by atoms with Gasteiger partial charge in [0.25, 0.3) is 0 Å². The zero-order chi connectivity index (χ0) is 15.2. The number of hydrogen-bond acceptors (Lipinski definition) is 4. The topological polar surface area (TPSA) is 77.8 Å². The molecule has 0 atom stereocenters. The third-order valence-electron chi connectivity index (χ3n) is 3.26. The van der Waals surface area contributed by atoms with Crippen LogP contribution in [0.4, 0.5) is 0 Å². The second-order valence-electron chi connectivity index (χ2n) is 5.20. The van der Waals surface area contributed by atoms with Gasteiger partial charge in [-0.15, -0.1) is 0 Å². The summed E-state index contributed by atoms with van der Waals surface area (Å²) in [5.41, 5.74) is 0. The van der Waals surface area contributed by atoms with Gasteiger partial charge in [-0.3, -0.25) is 14.5 Å². The van der Waals surface area contributed by atoms with Crippen LogP contribution in [-0.2, 0) is 9.59 Å². The number of carbonyl (C=O) groups is 2. The Morgan fingerprint density at radius 2 is 1.60 bits per heavy atom. The lowest BCUT2D eigenvalue weighted by molar-refractivity contribution is -0.138. The van der Waals surface area contributed by atoms with Crippen LogP contribution in [0.25, 0.3) is 0 Å². The average Bonchev–Trinajstić information content (AvgIpc) is 2.38. The van der Waals surface area contributed by atoms with Crippen molar-refractivity contribution in [2.24, 2.45) is 0 Å². The lowest BCUT2D eigenvalue weighted by Gasteiger charge is -2.18. The van der Waals surface area contributed by atoms with E-state index in [9.17, 15) is 9.59 Å². The van der Waals surface area contributed by atoms with Crippen LogP contribution in [0.15, 0.2) is 0 Å². The van der Waals surface area contributed by atoms with Crippen molar-refractivity contribution >= 4 is 11.8 Å². The highest BCUT2D eigenvalue weighted by atomic mass is 16.4. The molecule has 0 amide bonds. The van der Waals surface area contributed by atoms with Crippen LogP contribution < -0.4 is 0 Å². The van der Waals surface area contributed by atoms with E-state index < -0.39 is 5.97 Å². The van der Waals surface area contributed by atoms with Crippen molar-refractivity contribution in [3.63, 3.8) is 0 Å². The molecular weight excluding hydrogens is 258 g/mol. The first-order valence-electron chi connectivity index (χ1n) is 7.66. The van der Waals surface area contributed by atoms with E-state index in [2.05, 4.69) is 6.92 Å². The van der Waals surface area contributed by atoms with Gasteiger partial charge < -0.3 is 10.2 Å². The van der Waals surface area contributed by atoms with Gasteiger partial charge in [0.15, 0.2) is 0 Å². The van der Waals surface area contributed by atoms with Crippen LogP contribution in [0.5, 0.6) is 0 Å². The fourth-order valence-corrected chi connectivity index (χ4v) is 2.15. The van der Waals surface area contributed by atoms with Crippen LogP contribution in [0, 0.1) is 0 Å². The van der Waals surface area contributed by atoms with Crippen LogP contribution >= 0.6 is 0 Å². The number of aliphatic hydroxyl groups excluding tert-OH is 1. The molecule has 0 heterocycles. The molecule has 0 aromatic rings. The Kier molecular flexibility index (Phi) is 12.4. The van der Waals surface area contributed by atoms with Crippen molar-refractivity contribution in [1.29, 1.82) is 0 Å². The van der Waals surface area contributed by atoms with E-state index in [1.54, 1.807) is 4.90 Å². The fourth-order valence-electron chi connectivity index (χ4n) is 2.15. The number of ketones is 1. The van der Waals surface area contributed by atoms with E-state index >= 15 is 0 Å². The standard InChI is InChI=1S/C15H29NO4/c1-2-3-4-5-6-8-14(18)9-7-10-16(11-12-17)13-15(19)20/h17H,2-13H2,1H3,(H,19,20). The van der Waals surface area contributed by atoms with Crippen LogP contribution in [0.2, 0.25) is 0 Å². The van der Waals surface area contributed by atoms with Gasteiger partial charge in [-0.05, 0) is 19.4 Å². The molecule has 2 N–H and O–H groups in total. The van der Waals surface area contributed by atoms with Crippen molar-refractivity contribution in [3.8, 4) is 0 Å². The molecule has 0 spiro atoms. The van der Waals surface area contributed by atoms with Crippen LogP contribution in [-0.4, -0.2) is 53.1 Å². The summed E-state index contributed by atoms with van der Waals surface area (Å²) in [5, 5.41) is 17.6. The van der Waals surface area contributed by atoms with E-state index in [4.69, 9.17) is 10.2 Å². The number of aliphatic hydroxyl groups is 1. The SMILES string of the molecule is CCCCCCCC(=O)CCCN(CCO)CC(=O)O. The van der Waals surface area contributed by atoms with Gasteiger partial charge in [0, 0.05) is 19.4 Å². The minimum Gasteiger partial charge on any atom is -0.480 e. The molecule has 0 fully saturated rings. The maximum atomic E-state index is 11.7. The summed E-state index contributed by atoms with van der Waals surface area (Å²) in [4.78, 5) is 23.9. The molecule has 0 rings (SSSR count). The molecule has 5 nitrogen and oxygen atoms in total. The summed E-state index contributed by atoms with van der Waals surface area (Å²) < 4.78 is 0. The van der Waals surface area contributed by atoms with E-state index in [0.29, 0.717) is 32.4 Å². The van der Waals surface area contributed by atoms with Gasteiger partial charge in [0.05, 0.1) is 13.2 Å². The van der Waals surface area contributed by atoms with Crippen molar-refractivity contribution in [1.82, 2.24) is 4.90 Å². The first-order valence-corrected chi connectivity index (χ1v) is 7.66. The van der Waals surface area contributed by atoms with Crippen LogP contribution in [0.1, 0.15) is 58.3 Å². The number of hydrogen-bond donors (Lipinski definition) is 2. The minimum atomic E-state index is -0.902. The second kappa shape index (κ2) is 13.1. The summed E-state index contributed by atoms with van der Waals surface area (Å²) in [6.45, 7) is 2.93. The predicted molar refractivity (Wildman–Crippen MR) is 78.8 cm³/mol. The number of aliphatic carboxylic acids is 1. The molecule has 0 aliphatic rings. The lowest BCUT2D eigenvalue weighted by atomic mass is 10.1. The zero-order valence-electron chi connectivity index (χ0n) is 12.6. The zero-order valence-corrected chi connectivity index (χ0v) is 12.6. The van der Waals surface area contributed by atoms with Gasteiger partial charge in [-0.2, -0.15) is 0 Å². The molecule has 0 aromatic carbocycles. The Bertz CT molecular complexity index is 269. The normalized spacial score (nSPS) is 10.9.